The molecule has 7 nitrogen and oxygen atoms in total. The number of aromatic nitrogens is 1. The highest BCUT2D eigenvalue weighted by Crippen LogP contribution is 2.31. The molecule has 2 amide bonds. The Morgan fingerprint density at radius 1 is 1.35 bits per heavy atom. The van der Waals surface area contributed by atoms with Crippen LogP contribution < -0.4 is 0 Å². The average Bonchev–Trinajstić information content (AvgIpc) is 2.50. The molecule has 0 radical (unpaired) electrons. The van der Waals surface area contributed by atoms with E-state index in [-0.39, 0.29) is 30.8 Å². The SMILES string of the molecule is CC(=O)N1C[C@H](CO)N(C(=O)OC(C)(C)C)C[C@H]1c1cc(Cl)nc(Br)c1. The predicted molar refractivity (Wildman–Crippen MR) is 101 cm³/mol. The third-order valence-corrected chi connectivity index (χ3v) is 4.61. The van der Waals surface area contributed by atoms with Crippen LogP contribution in [0.5, 0.6) is 0 Å². The molecule has 0 bridgehead atoms. The largest absolute Gasteiger partial charge is 0.444 e. The lowest BCUT2D eigenvalue weighted by Gasteiger charge is -2.45. The highest BCUT2D eigenvalue weighted by molar-refractivity contribution is 9.10. The van der Waals surface area contributed by atoms with E-state index in [0.29, 0.717) is 4.60 Å². The van der Waals surface area contributed by atoms with Crippen LogP contribution in [-0.2, 0) is 9.53 Å². The van der Waals surface area contributed by atoms with Crippen molar-refractivity contribution in [3.8, 4) is 0 Å². The lowest BCUT2D eigenvalue weighted by Crippen LogP contribution is -2.59. The molecule has 1 fully saturated rings. The first-order valence-electron chi connectivity index (χ1n) is 8.22. The molecular formula is C17H23BrClN3O4. The number of carbonyl (C=O) groups excluding carboxylic acids is 2. The number of piperazine rings is 1. The number of aliphatic hydroxyl groups is 1. The molecule has 0 unspecified atom stereocenters. The van der Waals surface area contributed by atoms with Gasteiger partial charge in [-0.05, 0) is 54.4 Å². The summed E-state index contributed by atoms with van der Waals surface area (Å²) in [7, 11) is 0. The van der Waals surface area contributed by atoms with Crippen molar-refractivity contribution < 1.29 is 19.4 Å². The maximum atomic E-state index is 12.6. The molecule has 2 heterocycles. The van der Waals surface area contributed by atoms with E-state index in [0.717, 1.165) is 5.56 Å². The minimum Gasteiger partial charge on any atom is -0.444 e. The fourth-order valence-electron chi connectivity index (χ4n) is 2.90. The number of nitrogens with zero attached hydrogens (tertiary/aromatic N) is 3. The van der Waals surface area contributed by atoms with E-state index >= 15 is 0 Å². The molecule has 1 aromatic rings. The third-order valence-electron chi connectivity index (χ3n) is 4.01. The van der Waals surface area contributed by atoms with Gasteiger partial charge in [0.05, 0.1) is 18.7 Å². The standard InChI is InChI=1S/C17H23BrClN3O4/c1-10(24)21-7-12(9-23)22(16(25)26-17(2,3)4)8-13(21)11-5-14(18)20-15(19)6-11/h5-6,12-13,23H,7-9H2,1-4H3/t12-,13+/m1/s1. The molecule has 1 aliphatic rings. The second kappa shape index (κ2) is 8.10. The Morgan fingerprint density at radius 2 is 2.00 bits per heavy atom. The molecule has 0 aromatic carbocycles. The topological polar surface area (TPSA) is 83.0 Å². The monoisotopic (exact) mass is 447 g/mol. The molecule has 0 saturated carbocycles. The summed E-state index contributed by atoms with van der Waals surface area (Å²) in [5.41, 5.74) is 0.0878. The number of rotatable bonds is 2. The minimum absolute atomic E-state index is 0.152. The van der Waals surface area contributed by atoms with E-state index in [4.69, 9.17) is 16.3 Å². The average molecular weight is 449 g/mol. The number of hydrogen-bond acceptors (Lipinski definition) is 5. The smallest absolute Gasteiger partial charge is 0.410 e. The van der Waals surface area contributed by atoms with Gasteiger partial charge >= 0.3 is 6.09 Å². The zero-order valence-corrected chi connectivity index (χ0v) is 17.5. The summed E-state index contributed by atoms with van der Waals surface area (Å²) < 4.78 is 6.00. The first-order chi connectivity index (χ1) is 12.0. The predicted octanol–water partition coefficient (Wildman–Crippen LogP) is 3.00. The van der Waals surface area contributed by atoms with E-state index in [1.54, 1.807) is 37.8 Å². The molecule has 26 heavy (non-hydrogen) atoms. The van der Waals surface area contributed by atoms with Crippen molar-refractivity contribution in [2.45, 2.75) is 45.4 Å². The van der Waals surface area contributed by atoms with Gasteiger partial charge < -0.3 is 14.7 Å². The highest BCUT2D eigenvalue weighted by Gasteiger charge is 2.39. The van der Waals surface area contributed by atoms with Crippen molar-refractivity contribution in [3.05, 3.63) is 27.5 Å². The van der Waals surface area contributed by atoms with E-state index in [9.17, 15) is 14.7 Å². The summed E-state index contributed by atoms with van der Waals surface area (Å²) >= 11 is 9.35. The van der Waals surface area contributed by atoms with Crippen LogP contribution in [0.4, 0.5) is 4.79 Å². The van der Waals surface area contributed by atoms with Gasteiger partial charge in [0.15, 0.2) is 0 Å². The number of halogens is 2. The maximum absolute atomic E-state index is 12.6. The van der Waals surface area contributed by atoms with Crippen LogP contribution >= 0.6 is 27.5 Å². The van der Waals surface area contributed by atoms with Crippen molar-refractivity contribution >= 4 is 39.5 Å². The summed E-state index contributed by atoms with van der Waals surface area (Å²) in [6.07, 6.45) is -0.524. The Hall–Kier alpha value is -1.38. The molecule has 1 aliphatic heterocycles. The van der Waals surface area contributed by atoms with E-state index < -0.39 is 23.8 Å². The van der Waals surface area contributed by atoms with Crippen LogP contribution in [0.3, 0.4) is 0 Å². The van der Waals surface area contributed by atoms with Crippen LogP contribution in [0.25, 0.3) is 0 Å². The fraction of sp³-hybridized carbons (Fsp3) is 0.588. The van der Waals surface area contributed by atoms with Gasteiger partial charge in [0.1, 0.15) is 15.4 Å². The van der Waals surface area contributed by atoms with Gasteiger partial charge in [0.25, 0.3) is 0 Å². The van der Waals surface area contributed by atoms with Gasteiger partial charge in [-0.2, -0.15) is 0 Å². The van der Waals surface area contributed by atoms with Crippen molar-refractivity contribution in [2.24, 2.45) is 0 Å². The van der Waals surface area contributed by atoms with Gasteiger partial charge in [-0.25, -0.2) is 9.78 Å². The summed E-state index contributed by atoms with van der Waals surface area (Å²) in [4.78, 5) is 31.9. The Balaban J connectivity index is 2.38. The molecule has 1 N–H and O–H groups in total. The number of ether oxygens (including phenoxy) is 1. The van der Waals surface area contributed by atoms with Gasteiger partial charge in [-0.1, -0.05) is 11.6 Å². The van der Waals surface area contributed by atoms with Gasteiger partial charge in [0, 0.05) is 20.0 Å². The van der Waals surface area contributed by atoms with Gasteiger partial charge in [-0.3, -0.25) is 9.69 Å². The minimum atomic E-state index is -0.659. The molecule has 0 spiro atoms. The highest BCUT2D eigenvalue weighted by atomic mass is 79.9. The number of pyridine rings is 1. The lowest BCUT2D eigenvalue weighted by molar-refractivity contribution is -0.136. The van der Waals surface area contributed by atoms with Crippen LogP contribution in [0.15, 0.2) is 16.7 Å². The normalized spacial score (nSPS) is 20.9. The van der Waals surface area contributed by atoms with Crippen molar-refractivity contribution in [1.29, 1.82) is 0 Å². The first kappa shape index (κ1) is 20.9. The summed E-state index contributed by atoms with van der Waals surface area (Å²) in [6.45, 7) is 6.92. The second-order valence-corrected chi connectivity index (χ2v) is 8.40. The Kier molecular flexibility index (Phi) is 6.52. The zero-order chi connectivity index (χ0) is 19.6. The molecule has 2 rings (SSSR count). The quantitative estimate of drug-likeness (QED) is 0.703. The Bertz CT molecular complexity index is 675. The Labute approximate surface area is 166 Å². The Morgan fingerprint density at radius 3 is 2.50 bits per heavy atom. The fourth-order valence-corrected chi connectivity index (χ4v) is 3.67. The van der Waals surface area contributed by atoms with Crippen LogP contribution in [0.1, 0.15) is 39.3 Å². The number of hydrogen-bond donors (Lipinski definition) is 1. The van der Waals surface area contributed by atoms with Crippen LogP contribution in [0.2, 0.25) is 5.15 Å². The number of amides is 2. The van der Waals surface area contributed by atoms with E-state index in [1.807, 2.05) is 0 Å². The van der Waals surface area contributed by atoms with Crippen molar-refractivity contribution in [1.82, 2.24) is 14.8 Å². The van der Waals surface area contributed by atoms with Crippen LogP contribution in [-0.4, -0.2) is 63.2 Å². The molecule has 144 valence electrons. The molecule has 9 heteroatoms. The maximum Gasteiger partial charge on any atom is 0.410 e. The van der Waals surface area contributed by atoms with Crippen LogP contribution in [0, 0.1) is 0 Å². The summed E-state index contributed by atoms with van der Waals surface area (Å²) in [5.74, 6) is -0.152. The number of aliphatic hydroxyl groups excluding tert-OH is 1. The first-order valence-corrected chi connectivity index (χ1v) is 9.39. The molecule has 1 aromatic heterocycles. The lowest BCUT2D eigenvalue weighted by atomic mass is 10.0. The molecule has 2 atom stereocenters. The number of carbonyl (C=O) groups is 2. The van der Waals surface area contributed by atoms with E-state index in [1.165, 1.54) is 11.8 Å². The molecule has 1 saturated heterocycles. The second-order valence-electron chi connectivity index (χ2n) is 7.20. The van der Waals surface area contributed by atoms with Crippen molar-refractivity contribution in [2.75, 3.05) is 19.7 Å². The van der Waals surface area contributed by atoms with Gasteiger partial charge in [0.2, 0.25) is 5.91 Å². The van der Waals surface area contributed by atoms with Gasteiger partial charge in [-0.15, -0.1) is 0 Å². The summed E-state index contributed by atoms with van der Waals surface area (Å²) in [5, 5.41) is 10.0. The molecule has 0 aliphatic carbocycles. The third kappa shape index (κ3) is 5.08. The van der Waals surface area contributed by atoms with Crippen molar-refractivity contribution in [3.63, 3.8) is 0 Å². The van der Waals surface area contributed by atoms with E-state index in [2.05, 4.69) is 20.9 Å². The summed E-state index contributed by atoms with van der Waals surface area (Å²) in [6, 6.07) is 2.48. The zero-order valence-electron chi connectivity index (χ0n) is 15.2. The molecular weight excluding hydrogens is 426 g/mol.